The van der Waals surface area contributed by atoms with E-state index in [4.69, 9.17) is 16.3 Å². The van der Waals surface area contributed by atoms with E-state index in [1.54, 1.807) is 29.2 Å². The maximum atomic E-state index is 12.9. The first-order valence-electron chi connectivity index (χ1n) is 9.86. The van der Waals surface area contributed by atoms with Crippen LogP contribution in [0.1, 0.15) is 0 Å². The molecule has 10 heteroatoms. The molecular formula is C21H25ClFN3O4S. The lowest BCUT2D eigenvalue weighted by Crippen LogP contribution is -2.52. The third-order valence-electron chi connectivity index (χ3n) is 5.00. The Bertz CT molecular complexity index is 979. The van der Waals surface area contributed by atoms with Crippen LogP contribution in [-0.2, 0) is 14.8 Å². The maximum absolute atomic E-state index is 12.9. The number of benzene rings is 2. The number of rotatable bonds is 8. The lowest BCUT2D eigenvalue weighted by atomic mass is 10.3. The molecule has 0 N–H and O–H groups in total. The van der Waals surface area contributed by atoms with Crippen LogP contribution in [0.5, 0.6) is 5.75 Å². The van der Waals surface area contributed by atoms with Gasteiger partial charge in [0.15, 0.2) is 0 Å². The second-order valence-corrected chi connectivity index (χ2v) is 9.65. The molecule has 168 valence electrons. The minimum absolute atomic E-state index is 0.0622. The van der Waals surface area contributed by atoms with Crippen LogP contribution in [0.4, 0.5) is 4.39 Å². The van der Waals surface area contributed by atoms with Gasteiger partial charge in [0.1, 0.15) is 18.2 Å². The van der Waals surface area contributed by atoms with E-state index < -0.39 is 10.0 Å². The van der Waals surface area contributed by atoms with Crippen LogP contribution in [0.2, 0.25) is 5.02 Å². The number of carbonyl (C=O) groups excluding carboxylic acids is 1. The topological polar surface area (TPSA) is 70.2 Å². The summed E-state index contributed by atoms with van der Waals surface area (Å²) >= 11 is 5.83. The van der Waals surface area contributed by atoms with Crippen molar-refractivity contribution in [2.45, 2.75) is 4.90 Å². The Hall–Kier alpha value is -2.20. The molecule has 2 aromatic rings. The number of hydrogen-bond donors (Lipinski definition) is 0. The molecule has 0 aromatic heterocycles. The van der Waals surface area contributed by atoms with E-state index >= 15 is 0 Å². The first-order valence-corrected chi connectivity index (χ1v) is 11.7. The van der Waals surface area contributed by atoms with Gasteiger partial charge in [0.25, 0.3) is 0 Å². The van der Waals surface area contributed by atoms with Crippen LogP contribution in [0.3, 0.4) is 0 Å². The molecule has 1 fully saturated rings. The Balaban J connectivity index is 1.43. The summed E-state index contributed by atoms with van der Waals surface area (Å²) in [5.41, 5.74) is 0. The molecule has 1 heterocycles. The molecule has 31 heavy (non-hydrogen) atoms. The van der Waals surface area contributed by atoms with Gasteiger partial charge in [-0.15, -0.1) is 0 Å². The maximum Gasteiger partial charge on any atom is 0.243 e. The first-order chi connectivity index (χ1) is 14.8. The molecule has 0 bridgehead atoms. The Labute approximate surface area is 187 Å². The number of sulfonamides is 1. The highest BCUT2D eigenvalue weighted by molar-refractivity contribution is 7.89. The average molecular weight is 470 g/mol. The van der Waals surface area contributed by atoms with Crippen LogP contribution in [-0.4, -0.2) is 81.4 Å². The van der Waals surface area contributed by atoms with Gasteiger partial charge in [0, 0.05) is 37.7 Å². The molecule has 1 amide bonds. The highest BCUT2D eigenvalue weighted by Gasteiger charge is 2.30. The number of piperazine rings is 1. The summed E-state index contributed by atoms with van der Waals surface area (Å²) in [6, 6.07) is 11.8. The van der Waals surface area contributed by atoms with E-state index in [0.717, 1.165) is 0 Å². The van der Waals surface area contributed by atoms with Crippen LogP contribution >= 0.6 is 11.6 Å². The van der Waals surface area contributed by atoms with Gasteiger partial charge in [0.2, 0.25) is 15.9 Å². The summed E-state index contributed by atoms with van der Waals surface area (Å²) in [4.78, 5) is 16.3. The number of nitrogens with zero attached hydrogens (tertiary/aromatic N) is 3. The third-order valence-corrected chi connectivity index (χ3v) is 7.17. The van der Waals surface area contributed by atoms with Crippen molar-refractivity contribution in [2.24, 2.45) is 0 Å². The molecule has 2 aromatic carbocycles. The van der Waals surface area contributed by atoms with E-state index in [0.29, 0.717) is 37.0 Å². The van der Waals surface area contributed by atoms with E-state index in [1.807, 2.05) is 11.9 Å². The molecule has 1 aliphatic rings. The predicted octanol–water partition coefficient (Wildman–Crippen LogP) is 2.32. The fourth-order valence-corrected chi connectivity index (χ4v) is 4.74. The second kappa shape index (κ2) is 10.4. The monoisotopic (exact) mass is 469 g/mol. The zero-order valence-corrected chi connectivity index (χ0v) is 18.8. The van der Waals surface area contributed by atoms with Crippen LogP contribution in [0, 0.1) is 5.82 Å². The fourth-order valence-electron chi connectivity index (χ4n) is 3.19. The van der Waals surface area contributed by atoms with Gasteiger partial charge < -0.3 is 9.64 Å². The smallest absolute Gasteiger partial charge is 0.243 e. The van der Waals surface area contributed by atoms with E-state index in [1.165, 1.54) is 28.6 Å². The largest absolute Gasteiger partial charge is 0.492 e. The zero-order valence-electron chi connectivity index (χ0n) is 17.2. The summed E-state index contributed by atoms with van der Waals surface area (Å²) in [6.07, 6.45) is 0. The normalized spacial score (nSPS) is 15.3. The van der Waals surface area contributed by atoms with Gasteiger partial charge in [-0.1, -0.05) is 11.6 Å². The van der Waals surface area contributed by atoms with Crippen molar-refractivity contribution in [3.05, 3.63) is 59.4 Å². The number of hydrogen-bond acceptors (Lipinski definition) is 5. The van der Waals surface area contributed by atoms with Gasteiger partial charge in [-0.25, -0.2) is 12.8 Å². The van der Waals surface area contributed by atoms with Crippen molar-refractivity contribution in [3.63, 3.8) is 0 Å². The lowest BCUT2D eigenvalue weighted by molar-refractivity contribution is -0.133. The molecule has 0 atom stereocenters. The minimum Gasteiger partial charge on any atom is -0.492 e. The summed E-state index contributed by atoms with van der Waals surface area (Å²) < 4.78 is 45.3. The lowest BCUT2D eigenvalue weighted by Gasteiger charge is -2.34. The zero-order chi connectivity index (χ0) is 22.4. The highest BCUT2D eigenvalue weighted by atomic mass is 35.5. The number of halogens is 2. The Morgan fingerprint density at radius 2 is 1.68 bits per heavy atom. The number of likely N-dealkylation sites (N-methyl/N-ethyl adjacent to an activating group) is 1. The van der Waals surface area contributed by atoms with Crippen LogP contribution < -0.4 is 4.74 Å². The van der Waals surface area contributed by atoms with Crippen molar-refractivity contribution >= 4 is 27.5 Å². The predicted molar refractivity (Wildman–Crippen MR) is 116 cm³/mol. The Morgan fingerprint density at radius 1 is 1.06 bits per heavy atom. The number of carbonyl (C=O) groups is 1. The molecule has 0 radical (unpaired) electrons. The van der Waals surface area contributed by atoms with Crippen molar-refractivity contribution < 1.29 is 22.3 Å². The van der Waals surface area contributed by atoms with E-state index in [2.05, 4.69) is 0 Å². The molecule has 0 spiro atoms. The SMILES string of the molecule is CN(CCOc1ccc(F)cc1)CC(=O)N1CCN(S(=O)(=O)c2ccc(Cl)cc2)CC1. The summed E-state index contributed by atoms with van der Waals surface area (Å²) in [5.74, 6) is 0.183. The van der Waals surface area contributed by atoms with Crippen molar-refractivity contribution in [1.82, 2.24) is 14.1 Å². The molecule has 7 nitrogen and oxygen atoms in total. The number of ether oxygens (including phenoxy) is 1. The Morgan fingerprint density at radius 3 is 2.29 bits per heavy atom. The van der Waals surface area contributed by atoms with Gasteiger partial charge in [-0.05, 0) is 55.6 Å². The van der Waals surface area contributed by atoms with Crippen molar-refractivity contribution in [1.29, 1.82) is 0 Å². The second-order valence-electron chi connectivity index (χ2n) is 7.28. The molecule has 1 saturated heterocycles. The first kappa shape index (κ1) is 23.5. The standard InChI is InChI=1S/C21H25ClFN3O4S/c1-24(14-15-30-19-6-4-18(23)5-7-19)16-21(27)25-10-12-26(13-11-25)31(28,29)20-8-2-17(22)3-9-20/h2-9H,10-16H2,1H3. The van der Waals surface area contributed by atoms with Crippen LogP contribution in [0.25, 0.3) is 0 Å². The number of amides is 1. The Kier molecular flexibility index (Phi) is 7.88. The minimum atomic E-state index is -3.61. The summed E-state index contributed by atoms with van der Waals surface area (Å²) in [6.45, 7) is 2.26. The summed E-state index contributed by atoms with van der Waals surface area (Å²) in [7, 11) is -1.79. The summed E-state index contributed by atoms with van der Waals surface area (Å²) in [5, 5.41) is 0.474. The molecular weight excluding hydrogens is 445 g/mol. The average Bonchev–Trinajstić information content (AvgIpc) is 2.75. The van der Waals surface area contributed by atoms with Gasteiger partial charge in [-0.3, -0.25) is 9.69 Å². The van der Waals surface area contributed by atoms with E-state index in [9.17, 15) is 17.6 Å². The fraction of sp³-hybridized carbons (Fsp3) is 0.381. The quantitative estimate of drug-likeness (QED) is 0.593. The van der Waals surface area contributed by atoms with Crippen LogP contribution in [0.15, 0.2) is 53.4 Å². The molecule has 0 aliphatic carbocycles. The van der Waals surface area contributed by atoms with Gasteiger partial charge in [-0.2, -0.15) is 4.31 Å². The van der Waals surface area contributed by atoms with E-state index in [-0.39, 0.29) is 36.3 Å². The third kappa shape index (κ3) is 6.39. The molecule has 3 rings (SSSR count). The molecule has 0 saturated carbocycles. The van der Waals surface area contributed by atoms with Crippen molar-refractivity contribution in [2.75, 3.05) is 52.9 Å². The van der Waals surface area contributed by atoms with Gasteiger partial charge >= 0.3 is 0 Å². The molecule has 0 unspecified atom stereocenters. The molecule has 1 aliphatic heterocycles. The highest BCUT2D eigenvalue weighted by Crippen LogP contribution is 2.20. The van der Waals surface area contributed by atoms with Crippen molar-refractivity contribution in [3.8, 4) is 5.75 Å². The van der Waals surface area contributed by atoms with Gasteiger partial charge in [0.05, 0.1) is 11.4 Å².